The molecule has 0 aromatic heterocycles. The van der Waals surface area contributed by atoms with Gasteiger partial charge in [-0.05, 0) is 0 Å². The zero-order valence-corrected chi connectivity index (χ0v) is 14.1. The fourth-order valence-corrected chi connectivity index (χ4v) is 0.985. The van der Waals surface area contributed by atoms with Crippen molar-refractivity contribution in [2.45, 2.75) is 6.42 Å². The van der Waals surface area contributed by atoms with Gasteiger partial charge in [-0.25, -0.2) is 0 Å². The number of carboxylic acids is 1. The number of rotatable bonds is 12. The Kier molecular flexibility index (Phi) is 16.8. The van der Waals surface area contributed by atoms with E-state index in [0.717, 1.165) is 17.6 Å². The summed E-state index contributed by atoms with van der Waals surface area (Å²) in [5.41, 5.74) is 0. The Labute approximate surface area is 128 Å². The molecule has 128 valence electrons. The number of carbonyl (C=O) groups is 1. The summed E-state index contributed by atoms with van der Waals surface area (Å²) < 4.78 is 20.6. The van der Waals surface area contributed by atoms with Gasteiger partial charge >= 0.3 is 0 Å². The van der Waals surface area contributed by atoms with Crippen molar-refractivity contribution in [1.29, 1.82) is 0 Å². The molecule has 0 fully saturated rings. The van der Waals surface area contributed by atoms with Crippen LogP contribution < -0.4 is 5.11 Å². The van der Waals surface area contributed by atoms with Crippen LogP contribution in [-0.2, 0) is 23.7 Å². The summed E-state index contributed by atoms with van der Waals surface area (Å²) in [6.45, 7) is 4.04. The van der Waals surface area contributed by atoms with Gasteiger partial charge in [0.1, 0.15) is 6.54 Å². The monoisotopic (exact) mass is 309 g/mol. The maximum absolute atomic E-state index is 9.93. The van der Waals surface area contributed by atoms with Crippen molar-refractivity contribution in [3.8, 4) is 0 Å². The second-order valence-electron chi connectivity index (χ2n) is 5.35. The SMILES string of the molecule is COCCOCCOCCC(=O)[O-].COCC[N+](C)(C)C. The highest BCUT2D eigenvalue weighted by Gasteiger charge is 2.03. The number of carbonyl (C=O) groups excluding carboxylic acids is 1. The summed E-state index contributed by atoms with van der Waals surface area (Å²) in [5, 5.41) is 9.93. The molecule has 0 saturated carbocycles. The summed E-state index contributed by atoms with van der Waals surface area (Å²) in [4.78, 5) is 9.93. The summed E-state index contributed by atoms with van der Waals surface area (Å²) in [6.07, 6.45) is -0.0714. The highest BCUT2D eigenvalue weighted by Crippen LogP contribution is 1.87. The summed E-state index contributed by atoms with van der Waals surface area (Å²) in [6, 6.07) is 0. The highest BCUT2D eigenvalue weighted by molar-refractivity contribution is 5.64. The van der Waals surface area contributed by atoms with Gasteiger partial charge in [0, 0.05) is 26.6 Å². The summed E-state index contributed by atoms with van der Waals surface area (Å²) in [5.74, 6) is -1.10. The molecule has 0 aliphatic heterocycles. The standard InChI is InChI=1S/C8H16O5.C6H16NO/c1-11-4-5-13-7-6-12-3-2-8(9)10;1-7(2,3)5-6-8-4/h2-7H2,1H3,(H,9,10);5-6H2,1-4H3/q;+1/p-1. The predicted molar refractivity (Wildman–Crippen MR) is 77.9 cm³/mol. The number of carboxylic acid groups (broad SMARTS) is 1. The van der Waals surface area contributed by atoms with Crippen LogP contribution in [0.3, 0.4) is 0 Å². The Hall–Kier alpha value is -0.730. The molecule has 0 spiro atoms. The van der Waals surface area contributed by atoms with Crippen LogP contribution in [0.15, 0.2) is 0 Å². The quantitative estimate of drug-likeness (QED) is 0.345. The molecule has 0 unspecified atom stereocenters. The number of hydrogen-bond acceptors (Lipinski definition) is 6. The number of hydrogen-bond donors (Lipinski definition) is 0. The van der Waals surface area contributed by atoms with E-state index in [2.05, 4.69) is 21.1 Å². The first kappa shape index (κ1) is 22.5. The minimum Gasteiger partial charge on any atom is -0.550 e. The van der Waals surface area contributed by atoms with Crippen LogP contribution in [0.1, 0.15) is 6.42 Å². The van der Waals surface area contributed by atoms with Crippen molar-refractivity contribution >= 4 is 5.97 Å². The fourth-order valence-electron chi connectivity index (χ4n) is 0.985. The molecule has 7 heteroatoms. The average molecular weight is 309 g/mol. The molecular weight excluding hydrogens is 278 g/mol. The van der Waals surface area contributed by atoms with E-state index in [-0.39, 0.29) is 13.0 Å². The molecule has 0 amide bonds. The van der Waals surface area contributed by atoms with Crippen LogP contribution >= 0.6 is 0 Å². The topological polar surface area (TPSA) is 77.1 Å². The van der Waals surface area contributed by atoms with Crippen molar-refractivity contribution in [3.63, 3.8) is 0 Å². The Morgan fingerprint density at radius 1 is 0.857 bits per heavy atom. The number of ether oxygens (including phenoxy) is 4. The van der Waals surface area contributed by atoms with Crippen molar-refractivity contribution in [2.75, 3.05) is 81.5 Å². The minimum absolute atomic E-state index is 0.0714. The van der Waals surface area contributed by atoms with Gasteiger partial charge in [0.2, 0.25) is 0 Å². The van der Waals surface area contributed by atoms with Crippen molar-refractivity contribution in [3.05, 3.63) is 0 Å². The zero-order chi connectivity index (χ0) is 16.6. The average Bonchev–Trinajstić information content (AvgIpc) is 2.39. The minimum atomic E-state index is -1.10. The molecule has 0 aromatic rings. The number of aliphatic carboxylic acids is 1. The van der Waals surface area contributed by atoms with E-state index >= 15 is 0 Å². The second kappa shape index (κ2) is 15.7. The fraction of sp³-hybridized carbons (Fsp3) is 0.929. The number of nitrogens with zero attached hydrogens (tertiary/aromatic N) is 1. The molecular formula is C14H31NO6. The third kappa shape index (κ3) is 28.2. The summed E-state index contributed by atoms with van der Waals surface area (Å²) >= 11 is 0. The van der Waals surface area contributed by atoms with Crippen LogP contribution in [0.2, 0.25) is 0 Å². The van der Waals surface area contributed by atoms with E-state index in [4.69, 9.17) is 18.9 Å². The highest BCUT2D eigenvalue weighted by atomic mass is 16.5. The van der Waals surface area contributed by atoms with Gasteiger partial charge in [-0.3, -0.25) is 0 Å². The van der Waals surface area contributed by atoms with Crippen LogP contribution in [0, 0.1) is 0 Å². The molecule has 0 aliphatic carbocycles. The van der Waals surface area contributed by atoms with Gasteiger partial charge in [0.25, 0.3) is 0 Å². The third-order valence-electron chi connectivity index (χ3n) is 2.22. The second-order valence-corrected chi connectivity index (χ2v) is 5.35. The smallest absolute Gasteiger partial charge is 0.102 e. The van der Waals surface area contributed by atoms with Gasteiger partial charge < -0.3 is 33.3 Å². The van der Waals surface area contributed by atoms with Crippen molar-refractivity contribution in [1.82, 2.24) is 0 Å². The van der Waals surface area contributed by atoms with Crippen LogP contribution in [0.25, 0.3) is 0 Å². The van der Waals surface area contributed by atoms with Gasteiger partial charge in [0.05, 0.1) is 60.8 Å². The molecule has 0 atom stereocenters. The largest absolute Gasteiger partial charge is 0.550 e. The van der Waals surface area contributed by atoms with E-state index in [1.807, 2.05) is 0 Å². The molecule has 0 rings (SSSR count). The lowest BCUT2D eigenvalue weighted by Gasteiger charge is -2.22. The number of quaternary nitrogens is 1. The van der Waals surface area contributed by atoms with Crippen molar-refractivity contribution in [2.24, 2.45) is 0 Å². The van der Waals surface area contributed by atoms with E-state index in [1.54, 1.807) is 14.2 Å². The zero-order valence-electron chi connectivity index (χ0n) is 14.1. The van der Waals surface area contributed by atoms with E-state index in [1.165, 1.54) is 0 Å². The Balaban J connectivity index is 0. The first-order valence-electron chi connectivity index (χ1n) is 6.97. The Morgan fingerprint density at radius 2 is 1.33 bits per heavy atom. The predicted octanol–water partition coefficient (Wildman–Crippen LogP) is -0.855. The first-order valence-corrected chi connectivity index (χ1v) is 6.97. The van der Waals surface area contributed by atoms with Crippen molar-refractivity contribution < 1.29 is 33.3 Å². The van der Waals surface area contributed by atoms with E-state index < -0.39 is 5.97 Å². The third-order valence-corrected chi connectivity index (χ3v) is 2.22. The molecule has 0 saturated heterocycles. The van der Waals surface area contributed by atoms with Gasteiger partial charge in [-0.2, -0.15) is 0 Å². The molecule has 21 heavy (non-hydrogen) atoms. The first-order chi connectivity index (χ1) is 9.83. The lowest BCUT2D eigenvalue weighted by molar-refractivity contribution is -0.870. The lowest BCUT2D eigenvalue weighted by atomic mass is 10.5. The van der Waals surface area contributed by atoms with Gasteiger partial charge in [0.15, 0.2) is 0 Å². The lowest BCUT2D eigenvalue weighted by Crippen LogP contribution is -2.37. The van der Waals surface area contributed by atoms with Crippen LogP contribution in [-0.4, -0.2) is 92.0 Å². The molecule has 0 bridgehead atoms. The number of methoxy groups -OCH3 is 2. The Morgan fingerprint density at radius 3 is 1.71 bits per heavy atom. The Bertz CT molecular complexity index is 230. The molecule has 7 nitrogen and oxygen atoms in total. The molecule has 0 aliphatic rings. The van der Waals surface area contributed by atoms with E-state index in [0.29, 0.717) is 26.4 Å². The molecule has 0 N–H and O–H groups in total. The molecule has 0 radical (unpaired) electrons. The van der Waals surface area contributed by atoms with Crippen LogP contribution in [0.5, 0.6) is 0 Å². The number of likely N-dealkylation sites (N-methyl/N-ethyl adjacent to an activating group) is 1. The van der Waals surface area contributed by atoms with Gasteiger partial charge in [-0.1, -0.05) is 0 Å². The van der Waals surface area contributed by atoms with Crippen LogP contribution in [0.4, 0.5) is 0 Å². The molecule has 0 aromatic carbocycles. The normalized spacial score (nSPS) is 10.9. The van der Waals surface area contributed by atoms with Gasteiger partial charge in [-0.15, -0.1) is 0 Å². The van der Waals surface area contributed by atoms with E-state index in [9.17, 15) is 9.90 Å². The maximum atomic E-state index is 9.93. The summed E-state index contributed by atoms with van der Waals surface area (Å²) in [7, 11) is 9.78. The maximum Gasteiger partial charge on any atom is 0.102 e. The molecule has 0 heterocycles.